The number of benzene rings is 2. The molecule has 3 aromatic rings. The summed E-state index contributed by atoms with van der Waals surface area (Å²) in [5, 5.41) is 3.54. The van der Waals surface area contributed by atoms with Gasteiger partial charge >= 0.3 is 0 Å². The first-order valence-electron chi connectivity index (χ1n) is 10.0. The molecule has 140 valence electrons. The Morgan fingerprint density at radius 3 is 2.46 bits per heavy atom. The number of fused-ring (bicyclic) bond motifs is 5. The van der Waals surface area contributed by atoms with E-state index in [-0.39, 0.29) is 11.2 Å². The summed E-state index contributed by atoms with van der Waals surface area (Å²) in [5.74, 6) is 1.12. The van der Waals surface area contributed by atoms with Gasteiger partial charge in [0, 0.05) is 23.2 Å². The quantitative estimate of drug-likeness (QED) is 0.626. The lowest BCUT2D eigenvalue weighted by molar-refractivity contribution is 0.0909. The van der Waals surface area contributed by atoms with E-state index in [4.69, 9.17) is 4.98 Å². The summed E-state index contributed by atoms with van der Waals surface area (Å²) in [4.78, 5) is 18.1. The third-order valence-electron chi connectivity index (χ3n) is 5.91. The van der Waals surface area contributed by atoms with Gasteiger partial charge in [-0.2, -0.15) is 0 Å². The zero-order chi connectivity index (χ0) is 19.3. The summed E-state index contributed by atoms with van der Waals surface area (Å²) < 4.78 is 0. The minimum Gasteiger partial charge on any atom is -0.340 e. The lowest BCUT2D eigenvalue weighted by atomic mass is 9.72. The zero-order valence-electron chi connectivity index (χ0n) is 16.4. The number of para-hydroxylation sites is 1. The Kier molecular flexibility index (Phi) is 3.87. The van der Waals surface area contributed by atoms with E-state index in [1.165, 1.54) is 16.7 Å². The fraction of sp³-hybridized carbons (Fsp3) is 0.280. The van der Waals surface area contributed by atoms with Crippen LogP contribution in [0.4, 0.5) is 11.5 Å². The largest absolute Gasteiger partial charge is 0.340 e. The molecule has 2 aromatic carbocycles. The minimum atomic E-state index is -0.0398. The Bertz CT molecular complexity index is 1080. The van der Waals surface area contributed by atoms with Gasteiger partial charge in [-0.1, -0.05) is 56.3 Å². The Hall–Kier alpha value is -2.94. The molecule has 0 aliphatic heterocycles. The molecule has 28 heavy (non-hydrogen) atoms. The molecular weight excluding hydrogens is 344 g/mol. The van der Waals surface area contributed by atoms with Gasteiger partial charge in [0.15, 0.2) is 5.78 Å². The highest BCUT2D eigenvalue weighted by atomic mass is 16.1. The van der Waals surface area contributed by atoms with E-state index in [1.54, 1.807) is 0 Å². The molecule has 2 aliphatic carbocycles. The average Bonchev–Trinajstić information content (AvgIpc) is 2.67. The highest BCUT2D eigenvalue weighted by Gasteiger charge is 2.36. The number of nitrogens with zero attached hydrogens (tertiary/aromatic N) is 1. The molecule has 0 radical (unpaired) electrons. The molecule has 0 fully saturated rings. The van der Waals surface area contributed by atoms with Crippen molar-refractivity contribution < 1.29 is 4.79 Å². The van der Waals surface area contributed by atoms with Gasteiger partial charge < -0.3 is 5.32 Å². The molecule has 0 saturated heterocycles. The summed E-state index contributed by atoms with van der Waals surface area (Å²) >= 11 is 0. The first-order valence-corrected chi connectivity index (χ1v) is 10.0. The number of carbonyl (C=O) groups excluding carboxylic acids is 1. The second kappa shape index (κ2) is 6.30. The van der Waals surface area contributed by atoms with Crippen LogP contribution in [-0.2, 0) is 19.3 Å². The third-order valence-corrected chi connectivity index (χ3v) is 5.91. The number of pyridine rings is 1. The van der Waals surface area contributed by atoms with Crippen LogP contribution in [-0.4, -0.2) is 10.8 Å². The maximum Gasteiger partial charge on any atom is 0.165 e. The monoisotopic (exact) mass is 368 g/mol. The number of Topliss-reactive ketones (excluding diaryl/α,β-unsaturated/α-hetero) is 1. The molecule has 5 rings (SSSR count). The number of nitrogens with one attached hydrogen (secondary N) is 1. The number of aromatic nitrogens is 1. The molecule has 0 bridgehead atoms. The SMILES string of the molecule is CC1(C)CC(=O)c2c(nc(Nc3ccccc3)c3c2CCc2ccccc2-3)C1. The molecule has 0 unspecified atom stereocenters. The van der Waals surface area contributed by atoms with Crippen molar-refractivity contribution in [1.29, 1.82) is 0 Å². The maximum absolute atomic E-state index is 13.1. The zero-order valence-corrected chi connectivity index (χ0v) is 16.4. The number of anilines is 2. The molecule has 1 aromatic heterocycles. The number of ketones is 1. The van der Waals surface area contributed by atoms with Crippen LogP contribution in [0.15, 0.2) is 54.6 Å². The fourth-order valence-corrected chi connectivity index (χ4v) is 4.72. The van der Waals surface area contributed by atoms with E-state index < -0.39 is 0 Å². The van der Waals surface area contributed by atoms with Gasteiger partial charge in [0.1, 0.15) is 5.82 Å². The predicted octanol–water partition coefficient (Wildman–Crippen LogP) is 5.75. The van der Waals surface area contributed by atoms with Crippen molar-refractivity contribution in [2.45, 2.75) is 39.5 Å². The van der Waals surface area contributed by atoms with Gasteiger partial charge in [0.25, 0.3) is 0 Å². The molecule has 0 amide bonds. The van der Waals surface area contributed by atoms with Crippen LogP contribution in [0.25, 0.3) is 11.1 Å². The molecule has 3 nitrogen and oxygen atoms in total. The number of carbonyl (C=O) groups is 1. The van der Waals surface area contributed by atoms with Crippen molar-refractivity contribution in [1.82, 2.24) is 4.98 Å². The number of rotatable bonds is 2. The van der Waals surface area contributed by atoms with Crippen LogP contribution >= 0.6 is 0 Å². The van der Waals surface area contributed by atoms with Gasteiger partial charge in [-0.25, -0.2) is 4.98 Å². The van der Waals surface area contributed by atoms with Crippen molar-refractivity contribution in [3.8, 4) is 11.1 Å². The van der Waals surface area contributed by atoms with Gasteiger partial charge in [0.2, 0.25) is 0 Å². The Labute approximate surface area is 165 Å². The smallest absolute Gasteiger partial charge is 0.165 e. The number of aryl methyl sites for hydroxylation is 1. The molecule has 1 heterocycles. The molecular formula is C25H24N2O. The van der Waals surface area contributed by atoms with E-state index in [2.05, 4.69) is 55.6 Å². The van der Waals surface area contributed by atoms with Crippen LogP contribution in [0.5, 0.6) is 0 Å². The highest BCUT2D eigenvalue weighted by molar-refractivity contribution is 6.03. The number of hydrogen-bond acceptors (Lipinski definition) is 3. The van der Waals surface area contributed by atoms with Crippen LogP contribution in [0.3, 0.4) is 0 Å². The van der Waals surface area contributed by atoms with Crippen molar-refractivity contribution in [3.05, 3.63) is 77.0 Å². The summed E-state index contributed by atoms with van der Waals surface area (Å²) in [7, 11) is 0. The fourth-order valence-electron chi connectivity index (χ4n) is 4.72. The lowest BCUT2D eigenvalue weighted by Crippen LogP contribution is -2.30. The van der Waals surface area contributed by atoms with E-state index in [9.17, 15) is 4.79 Å². The summed E-state index contributed by atoms with van der Waals surface area (Å²) in [6.45, 7) is 4.32. The second-order valence-corrected chi connectivity index (χ2v) is 8.72. The van der Waals surface area contributed by atoms with Crippen molar-refractivity contribution in [3.63, 3.8) is 0 Å². The standard InChI is InChI=1S/C25H24N2O/c1-25(2)14-20-23(21(28)15-25)19-13-12-16-8-6-7-11-18(16)22(19)24(27-20)26-17-9-4-3-5-10-17/h3-11H,12-15H2,1-2H3,(H,26,27). The van der Waals surface area contributed by atoms with E-state index in [1.807, 2.05) is 18.2 Å². The third kappa shape index (κ3) is 2.82. The van der Waals surface area contributed by atoms with Gasteiger partial charge in [-0.3, -0.25) is 4.79 Å². The predicted molar refractivity (Wildman–Crippen MR) is 113 cm³/mol. The summed E-state index contributed by atoms with van der Waals surface area (Å²) in [5.41, 5.74) is 7.65. The van der Waals surface area contributed by atoms with Gasteiger partial charge in [0.05, 0.1) is 5.69 Å². The van der Waals surface area contributed by atoms with Crippen molar-refractivity contribution in [2.75, 3.05) is 5.32 Å². The first kappa shape index (κ1) is 17.2. The van der Waals surface area contributed by atoms with Gasteiger partial charge in [-0.05, 0) is 53.5 Å². The van der Waals surface area contributed by atoms with E-state index >= 15 is 0 Å². The lowest BCUT2D eigenvalue weighted by Gasteiger charge is -2.33. The first-order chi connectivity index (χ1) is 13.5. The Morgan fingerprint density at radius 2 is 1.64 bits per heavy atom. The van der Waals surface area contributed by atoms with Crippen molar-refractivity contribution >= 4 is 17.3 Å². The van der Waals surface area contributed by atoms with Crippen molar-refractivity contribution in [2.24, 2.45) is 5.41 Å². The summed E-state index contributed by atoms with van der Waals surface area (Å²) in [6.07, 6.45) is 3.31. The topological polar surface area (TPSA) is 42.0 Å². The second-order valence-electron chi connectivity index (χ2n) is 8.72. The van der Waals surface area contributed by atoms with Crippen LogP contribution in [0, 0.1) is 5.41 Å². The van der Waals surface area contributed by atoms with Crippen LogP contribution in [0.1, 0.15) is 47.4 Å². The van der Waals surface area contributed by atoms with E-state index in [0.717, 1.165) is 47.6 Å². The number of hydrogen-bond donors (Lipinski definition) is 1. The molecule has 2 aliphatic rings. The van der Waals surface area contributed by atoms with Gasteiger partial charge in [-0.15, -0.1) is 0 Å². The Balaban J connectivity index is 1.76. The van der Waals surface area contributed by atoms with Crippen LogP contribution in [0.2, 0.25) is 0 Å². The maximum atomic E-state index is 13.1. The molecule has 0 spiro atoms. The molecule has 3 heteroatoms. The average molecular weight is 368 g/mol. The van der Waals surface area contributed by atoms with E-state index in [0.29, 0.717) is 6.42 Å². The molecule has 1 N–H and O–H groups in total. The normalized spacial score (nSPS) is 16.7. The summed E-state index contributed by atoms with van der Waals surface area (Å²) in [6, 6.07) is 18.7. The highest BCUT2D eigenvalue weighted by Crippen LogP contribution is 2.45. The van der Waals surface area contributed by atoms with Crippen LogP contribution < -0.4 is 5.32 Å². The molecule has 0 atom stereocenters. The Morgan fingerprint density at radius 1 is 0.893 bits per heavy atom. The molecule has 0 saturated carbocycles. The minimum absolute atomic E-state index is 0.0398.